The monoisotopic (exact) mass is 592 g/mol. The molecule has 2 heterocycles. The second-order valence-electron chi connectivity index (χ2n) is 10.7. The molecule has 0 aromatic heterocycles. The average Bonchev–Trinajstić information content (AvgIpc) is 3.14. The number of aliphatic hydroxyl groups is 2. The van der Waals surface area contributed by atoms with E-state index in [2.05, 4.69) is 11.4 Å². The summed E-state index contributed by atoms with van der Waals surface area (Å²) in [7, 11) is 5.73. The fourth-order valence-electron chi connectivity index (χ4n) is 5.71. The van der Waals surface area contributed by atoms with Crippen molar-refractivity contribution in [3.05, 3.63) is 129 Å². The average molecular weight is 593 g/mol. The summed E-state index contributed by atoms with van der Waals surface area (Å²) in [4.78, 5) is 3.15. The molecular formula is C33H34ClFN2O3S. The molecule has 0 bridgehead atoms. The van der Waals surface area contributed by atoms with E-state index >= 15 is 0 Å². The summed E-state index contributed by atoms with van der Waals surface area (Å²) in [6, 6.07) is 25.7. The highest BCUT2D eigenvalue weighted by Gasteiger charge is 2.39. The smallest absolute Gasteiger partial charge is 0.131 e. The van der Waals surface area contributed by atoms with E-state index in [9.17, 15) is 14.6 Å². The van der Waals surface area contributed by atoms with E-state index in [0.717, 1.165) is 27.3 Å². The second-order valence-corrected chi connectivity index (χ2v) is 12.1. The Hall–Kier alpha value is -2.91. The van der Waals surface area contributed by atoms with Gasteiger partial charge in [0.05, 0.1) is 0 Å². The third-order valence-electron chi connectivity index (χ3n) is 7.43. The van der Waals surface area contributed by atoms with E-state index in [0.29, 0.717) is 40.6 Å². The van der Waals surface area contributed by atoms with Gasteiger partial charge >= 0.3 is 0 Å². The minimum atomic E-state index is -1.23. The maximum Gasteiger partial charge on any atom is 0.131 e. The molecular weight excluding hydrogens is 559 g/mol. The highest BCUT2D eigenvalue weighted by atomic mass is 35.5. The van der Waals surface area contributed by atoms with Crippen LogP contribution in [0.3, 0.4) is 0 Å². The molecule has 0 saturated carbocycles. The van der Waals surface area contributed by atoms with Gasteiger partial charge in [-0.15, -0.1) is 11.8 Å². The highest BCUT2D eigenvalue weighted by Crippen LogP contribution is 2.44. The van der Waals surface area contributed by atoms with Crippen molar-refractivity contribution < 1.29 is 19.3 Å². The number of likely N-dealkylation sites (N-methyl/N-ethyl adjacent to an activating group) is 2. The molecule has 2 aliphatic rings. The predicted molar refractivity (Wildman–Crippen MR) is 163 cm³/mol. The van der Waals surface area contributed by atoms with Crippen LogP contribution >= 0.6 is 23.4 Å². The van der Waals surface area contributed by atoms with Crippen LogP contribution in [0.15, 0.2) is 89.8 Å². The molecule has 41 heavy (non-hydrogen) atoms. The van der Waals surface area contributed by atoms with Crippen molar-refractivity contribution in [3.63, 3.8) is 0 Å². The fraction of sp³-hybridized carbons (Fsp3) is 0.273. The van der Waals surface area contributed by atoms with Gasteiger partial charge in [-0.3, -0.25) is 0 Å². The molecule has 4 aromatic rings. The van der Waals surface area contributed by atoms with Gasteiger partial charge in [0, 0.05) is 39.9 Å². The zero-order chi connectivity index (χ0) is 29.2. The Morgan fingerprint density at radius 3 is 2.32 bits per heavy atom. The molecule has 6 rings (SSSR count). The number of nitrogens with zero attached hydrogens (tertiary/aromatic N) is 1. The first kappa shape index (κ1) is 29.6. The number of para-hydroxylation sites is 1. The Bertz CT molecular complexity index is 1550. The molecule has 0 amide bonds. The van der Waals surface area contributed by atoms with Crippen LogP contribution in [0.5, 0.6) is 5.75 Å². The summed E-state index contributed by atoms with van der Waals surface area (Å²) in [5.41, 5.74) is 2.83. The maximum absolute atomic E-state index is 13.4. The standard InChI is InChI=1S/C17H18ClNOS.C16H16FNO2/c1-19(2)11-17(20)14-8-7-13(18)9-12(14)10-21-16-6-4-3-5-15(16)17;1-18-10-16(19)13-7-6-12(17)8-11(13)9-20-15-5-3-2-4-14(15)16/h3-9,20H,10-11H2,1-2H3;2-8,18-19H,9-10H2,1H3. The SMILES string of the molecule is CN(C)CC1(O)c2ccc(Cl)cc2CSc2ccccc21.CNCC1(O)c2ccc(F)cc2COc2ccccc21. The third kappa shape index (κ3) is 5.89. The van der Waals surface area contributed by atoms with E-state index in [1.807, 2.05) is 79.7 Å². The molecule has 0 spiro atoms. The fourth-order valence-corrected chi connectivity index (χ4v) is 7.03. The Labute approximate surface area is 249 Å². The molecule has 3 N–H and O–H groups in total. The molecule has 0 aliphatic carbocycles. The Morgan fingerprint density at radius 1 is 0.878 bits per heavy atom. The minimum Gasteiger partial charge on any atom is -0.488 e. The molecule has 0 saturated heterocycles. The first-order valence-corrected chi connectivity index (χ1v) is 14.8. The topological polar surface area (TPSA) is 65.0 Å². The lowest BCUT2D eigenvalue weighted by molar-refractivity contribution is 0.0487. The summed E-state index contributed by atoms with van der Waals surface area (Å²) >= 11 is 7.89. The van der Waals surface area contributed by atoms with Crippen LogP contribution < -0.4 is 10.1 Å². The number of rotatable bonds is 4. The van der Waals surface area contributed by atoms with Gasteiger partial charge in [-0.05, 0) is 79.8 Å². The van der Waals surface area contributed by atoms with E-state index < -0.39 is 11.2 Å². The van der Waals surface area contributed by atoms with Crippen LogP contribution in [0.25, 0.3) is 0 Å². The van der Waals surface area contributed by atoms with E-state index in [4.69, 9.17) is 16.3 Å². The highest BCUT2D eigenvalue weighted by molar-refractivity contribution is 7.98. The number of halogens is 2. The normalized spacial score (nSPS) is 20.7. The molecule has 2 unspecified atom stereocenters. The number of benzene rings is 4. The predicted octanol–water partition coefficient (Wildman–Crippen LogP) is 5.92. The largest absolute Gasteiger partial charge is 0.488 e. The quantitative estimate of drug-likeness (QED) is 0.274. The van der Waals surface area contributed by atoms with Crippen molar-refractivity contribution >= 4 is 23.4 Å². The van der Waals surface area contributed by atoms with Crippen LogP contribution in [0.2, 0.25) is 5.02 Å². The van der Waals surface area contributed by atoms with Crippen LogP contribution in [0.1, 0.15) is 33.4 Å². The van der Waals surface area contributed by atoms with Crippen molar-refractivity contribution in [1.82, 2.24) is 10.2 Å². The van der Waals surface area contributed by atoms with Gasteiger partial charge in [-0.25, -0.2) is 4.39 Å². The molecule has 214 valence electrons. The van der Waals surface area contributed by atoms with Gasteiger partial charge in [-0.1, -0.05) is 60.1 Å². The lowest BCUT2D eigenvalue weighted by atomic mass is 9.83. The zero-order valence-electron chi connectivity index (χ0n) is 23.3. The molecule has 4 aromatic carbocycles. The Kier molecular flexibility index (Phi) is 8.76. The van der Waals surface area contributed by atoms with Crippen molar-refractivity contribution in [2.75, 3.05) is 34.2 Å². The number of ether oxygens (including phenoxy) is 1. The summed E-state index contributed by atoms with van der Waals surface area (Å²) in [6.45, 7) is 1.11. The van der Waals surface area contributed by atoms with Gasteiger partial charge in [0.25, 0.3) is 0 Å². The van der Waals surface area contributed by atoms with Crippen molar-refractivity contribution in [2.24, 2.45) is 0 Å². The Balaban J connectivity index is 0.000000165. The molecule has 8 heteroatoms. The van der Waals surface area contributed by atoms with Gasteiger partial charge in [0.1, 0.15) is 29.4 Å². The van der Waals surface area contributed by atoms with E-state index in [1.165, 1.54) is 12.1 Å². The number of hydrogen-bond donors (Lipinski definition) is 3. The zero-order valence-corrected chi connectivity index (χ0v) is 24.9. The lowest BCUT2D eigenvalue weighted by Gasteiger charge is -2.33. The van der Waals surface area contributed by atoms with Crippen LogP contribution in [-0.4, -0.2) is 49.3 Å². The number of fused-ring (bicyclic) bond motifs is 4. The second kappa shape index (κ2) is 12.1. The summed E-state index contributed by atoms with van der Waals surface area (Å²) in [5, 5.41) is 26.4. The van der Waals surface area contributed by atoms with Crippen molar-refractivity contribution in [1.29, 1.82) is 0 Å². The third-order valence-corrected chi connectivity index (χ3v) is 8.79. The van der Waals surface area contributed by atoms with Crippen molar-refractivity contribution in [3.8, 4) is 5.75 Å². The molecule has 5 nitrogen and oxygen atoms in total. The van der Waals surface area contributed by atoms with Crippen LogP contribution in [0, 0.1) is 5.82 Å². The molecule has 0 radical (unpaired) electrons. The first-order valence-electron chi connectivity index (χ1n) is 13.4. The summed E-state index contributed by atoms with van der Waals surface area (Å²) in [5.74, 6) is 1.12. The molecule has 2 atom stereocenters. The summed E-state index contributed by atoms with van der Waals surface area (Å²) < 4.78 is 19.2. The maximum atomic E-state index is 13.4. The van der Waals surface area contributed by atoms with Gasteiger partial charge in [-0.2, -0.15) is 0 Å². The van der Waals surface area contributed by atoms with Crippen LogP contribution in [-0.2, 0) is 23.6 Å². The lowest BCUT2D eigenvalue weighted by Crippen LogP contribution is -2.39. The van der Waals surface area contributed by atoms with E-state index in [1.54, 1.807) is 24.9 Å². The van der Waals surface area contributed by atoms with Crippen LogP contribution in [0.4, 0.5) is 4.39 Å². The number of nitrogens with one attached hydrogen (secondary N) is 1. The van der Waals surface area contributed by atoms with Gasteiger partial charge in [0.15, 0.2) is 0 Å². The first-order chi connectivity index (χ1) is 19.7. The van der Waals surface area contributed by atoms with E-state index in [-0.39, 0.29) is 12.4 Å². The number of hydrogen-bond acceptors (Lipinski definition) is 6. The molecule has 2 aliphatic heterocycles. The summed E-state index contributed by atoms with van der Waals surface area (Å²) in [6.07, 6.45) is 0. The molecule has 0 fully saturated rings. The van der Waals surface area contributed by atoms with Gasteiger partial charge in [0.2, 0.25) is 0 Å². The Morgan fingerprint density at radius 2 is 1.56 bits per heavy atom. The van der Waals surface area contributed by atoms with Gasteiger partial charge < -0.3 is 25.2 Å². The van der Waals surface area contributed by atoms with Crippen molar-refractivity contribution in [2.45, 2.75) is 28.5 Å². The minimum absolute atomic E-state index is 0.246. The number of thioether (sulfide) groups is 1.